The maximum atomic E-state index is 13.4. The van der Waals surface area contributed by atoms with E-state index in [-0.39, 0.29) is 11.9 Å². The molecule has 0 spiro atoms. The van der Waals surface area contributed by atoms with Gasteiger partial charge in [0.1, 0.15) is 11.5 Å². The van der Waals surface area contributed by atoms with Crippen LogP contribution in [0.3, 0.4) is 0 Å². The van der Waals surface area contributed by atoms with Crippen LogP contribution in [0.2, 0.25) is 0 Å². The number of nitrogens with one attached hydrogen (secondary N) is 1. The molecule has 1 heterocycles. The molecule has 3 aromatic rings. The van der Waals surface area contributed by atoms with Crippen LogP contribution in [-0.2, 0) is 0 Å². The summed E-state index contributed by atoms with van der Waals surface area (Å²) in [5.74, 6) is -0.261. The molecule has 1 aromatic heterocycles. The summed E-state index contributed by atoms with van der Waals surface area (Å²) in [7, 11) is 1.82. The average Bonchev–Trinajstić information content (AvgIpc) is 2.99. The lowest BCUT2D eigenvalue weighted by molar-refractivity contribution is 0.610. The molecular formula is C16H15FN4. The van der Waals surface area contributed by atoms with Gasteiger partial charge in [-0.15, -0.1) is 0 Å². The van der Waals surface area contributed by atoms with E-state index in [4.69, 9.17) is 0 Å². The van der Waals surface area contributed by atoms with Gasteiger partial charge in [-0.2, -0.15) is 15.0 Å². The van der Waals surface area contributed by atoms with Crippen LogP contribution in [0.1, 0.15) is 17.3 Å². The molecule has 1 atom stereocenters. The summed E-state index contributed by atoms with van der Waals surface area (Å²) in [6, 6.07) is 16.0. The van der Waals surface area contributed by atoms with Crippen LogP contribution in [0, 0.1) is 5.82 Å². The van der Waals surface area contributed by atoms with Gasteiger partial charge in [0.05, 0.1) is 17.9 Å². The van der Waals surface area contributed by atoms with E-state index in [0.717, 1.165) is 16.9 Å². The lowest BCUT2D eigenvalue weighted by atomic mass is 10.0. The smallest absolute Gasteiger partial charge is 0.123 e. The first-order valence-corrected chi connectivity index (χ1v) is 6.68. The minimum Gasteiger partial charge on any atom is -0.308 e. The number of rotatable bonds is 4. The van der Waals surface area contributed by atoms with Gasteiger partial charge in [0.2, 0.25) is 0 Å². The molecule has 106 valence electrons. The molecule has 1 unspecified atom stereocenters. The van der Waals surface area contributed by atoms with Crippen LogP contribution >= 0.6 is 0 Å². The number of benzene rings is 2. The first kappa shape index (κ1) is 13.5. The summed E-state index contributed by atoms with van der Waals surface area (Å²) in [4.78, 5) is 1.57. The van der Waals surface area contributed by atoms with Crippen LogP contribution < -0.4 is 5.32 Å². The Balaban J connectivity index is 1.94. The fourth-order valence-corrected chi connectivity index (χ4v) is 2.26. The van der Waals surface area contributed by atoms with Gasteiger partial charge in [0, 0.05) is 0 Å². The van der Waals surface area contributed by atoms with Crippen molar-refractivity contribution in [1.29, 1.82) is 0 Å². The van der Waals surface area contributed by atoms with Crippen molar-refractivity contribution in [2.75, 3.05) is 7.05 Å². The second-order valence-corrected chi connectivity index (χ2v) is 4.67. The van der Waals surface area contributed by atoms with E-state index in [0.29, 0.717) is 0 Å². The summed E-state index contributed by atoms with van der Waals surface area (Å²) in [6.45, 7) is 0. The van der Waals surface area contributed by atoms with Gasteiger partial charge >= 0.3 is 0 Å². The quantitative estimate of drug-likeness (QED) is 0.800. The van der Waals surface area contributed by atoms with Crippen molar-refractivity contribution < 1.29 is 4.39 Å². The Morgan fingerprint density at radius 2 is 1.90 bits per heavy atom. The second kappa shape index (κ2) is 5.85. The third kappa shape index (κ3) is 2.83. The summed E-state index contributed by atoms with van der Waals surface area (Å²) >= 11 is 0. The van der Waals surface area contributed by atoms with Gasteiger partial charge in [0.25, 0.3) is 0 Å². The predicted molar refractivity (Wildman–Crippen MR) is 78.7 cm³/mol. The Kier molecular flexibility index (Phi) is 3.75. The van der Waals surface area contributed by atoms with Gasteiger partial charge in [-0.05, 0) is 36.9 Å². The minimum absolute atomic E-state index is 0.196. The highest BCUT2D eigenvalue weighted by atomic mass is 19.1. The van der Waals surface area contributed by atoms with Gasteiger partial charge in [0.15, 0.2) is 0 Å². The third-order valence-electron chi connectivity index (χ3n) is 3.26. The molecule has 0 aliphatic carbocycles. The van der Waals surface area contributed by atoms with E-state index in [1.807, 2.05) is 43.4 Å². The predicted octanol–water partition coefficient (Wildman–Crippen LogP) is 2.72. The summed E-state index contributed by atoms with van der Waals surface area (Å²) in [6.07, 6.45) is 1.69. The van der Waals surface area contributed by atoms with Gasteiger partial charge in [-0.25, -0.2) is 4.39 Å². The van der Waals surface area contributed by atoms with Crippen molar-refractivity contribution in [2.24, 2.45) is 0 Å². The van der Waals surface area contributed by atoms with Crippen LogP contribution in [-0.4, -0.2) is 22.0 Å². The largest absolute Gasteiger partial charge is 0.308 e. The normalized spacial score (nSPS) is 12.3. The molecule has 5 heteroatoms. The van der Waals surface area contributed by atoms with E-state index < -0.39 is 0 Å². The van der Waals surface area contributed by atoms with Crippen molar-refractivity contribution in [3.63, 3.8) is 0 Å². The lowest BCUT2D eigenvalue weighted by Gasteiger charge is -2.13. The Labute approximate surface area is 122 Å². The summed E-state index contributed by atoms with van der Waals surface area (Å²) in [5, 5.41) is 11.9. The van der Waals surface area contributed by atoms with Crippen LogP contribution in [0.5, 0.6) is 0 Å². The van der Waals surface area contributed by atoms with Gasteiger partial charge < -0.3 is 5.32 Å². The van der Waals surface area contributed by atoms with E-state index >= 15 is 0 Å². The van der Waals surface area contributed by atoms with E-state index in [1.165, 1.54) is 12.1 Å². The zero-order valence-corrected chi connectivity index (χ0v) is 11.6. The fraction of sp³-hybridized carbons (Fsp3) is 0.125. The molecule has 0 amide bonds. The molecular weight excluding hydrogens is 267 g/mol. The SMILES string of the molecule is CNC(c1cccc(F)c1)c1cnn(-c2ccccc2)n1. The molecule has 0 aliphatic heterocycles. The first-order chi connectivity index (χ1) is 10.3. The number of aromatic nitrogens is 3. The topological polar surface area (TPSA) is 42.7 Å². The number of halogens is 1. The highest BCUT2D eigenvalue weighted by Gasteiger charge is 2.16. The molecule has 4 nitrogen and oxygen atoms in total. The van der Waals surface area contributed by atoms with E-state index in [1.54, 1.807) is 17.1 Å². The Morgan fingerprint density at radius 1 is 1.10 bits per heavy atom. The van der Waals surface area contributed by atoms with E-state index in [2.05, 4.69) is 15.5 Å². The van der Waals surface area contributed by atoms with Gasteiger partial charge in [-0.1, -0.05) is 30.3 Å². The summed E-state index contributed by atoms with van der Waals surface area (Å²) in [5.41, 5.74) is 2.45. The van der Waals surface area contributed by atoms with E-state index in [9.17, 15) is 4.39 Å². The molecule has 0 aliphatic rings. The maximum absolute atomic E-state index is 13.4. The molecule has 2 aromatic carbocycles. The zero-order valence-electron chi connectivity index (χ0n) is 11.6. The number of nitrogens with zero attached hydrogens (tertiary/aromatic N) is 3. The van der Waals surface area contributed by atoms with Gasteiger partial charge in [-0.3, -0.25) is 0 Å². The molecule has 3 rings (SSSR count). The van der Waals surface area contributed by atoms with Crippen LogP contribution in [0.25, 0.3) is 5.69 Å². The molecule has 0 saturated heterocycles. The molecule has 0 fully saturated rings. The third-order valence-corrected chi connectivity index (χ3v) is 3.26. The van der Waals surface area contributed by atoms with Crippen molar-refractivity contribution in [1.82, 2.24) is 20.3 Å². The van der Waals surface area contributed by atoms with Crippen molar-refractivity contribution in [3.8, 4) is 5.69 Å². The summed E-state index contributed by atoms with van der Waals surface area (Å²) < 4.78 is 13.4. The fourth-order valence-electron chi connectivity index (χ4n) is 2.26. The standard InChI is InChI=1S/C16H15FN4/c1-18-16(12-6-5-7-13(17)10-12)15-11-19-21(20-15)14-8-3-2-4-9-14/h2-11,16,18H,1H3. The number of para-hydroxylation sites is 1. The average molecular weight is 282 g/mol. The Bertz CT molecular complexity index is 724. The maximum Gasteiger partial charge on any atom is 0.123 e. The minimum atomic E-state index is -0.261. The zero-order chi connectivity index (χ0) is 14.7. The van der Waals surface area contributed by atoms with Crippen molar-refractivity contribution >= 4 is 0 Å². The highest BCUT2D eigenvalue weighted by molar-refractivity contribution is 5.30. The molecule has 0 bridgehead atoms. The molecule has 1 N–H and O–H groups in total. The molecule has 0 saturated carbocycles. The monoisotopic (exact) mass is 282 g/mol. The highest BCUT2D eigenvalue weighted by Crippen LogP contribution is 2.20. The molecule has 21 heavy (non-hydrogen) atoms. The number of hydrogen-bond acceptors (Lipinski definition) is 3. The van der Waals surface area contributed by atoms with Crippen LogP contribution in [0.4, 0.5) is 4.39 Å². The van der Waals surface area contributed by atoms with Crippen molar-refractivity contribution in [2.45, 2.75) is 6.04 Å². The molecule has 0 radical (unpaired) electrons. The number of hydrogen-bond donors (Lipinski definition) is 1. The Hall–Kier alpha value is -2.53. The second-order valence-electron chi connectivity index (χ2n) is 4.67. The van der Waals surface area contributed by atoms with Crippen LogP contribution in [0.15, 0.2) is 60.8 Å². The van der Waals surface area contributed by atoms with Crippen molar-refractivity contribution in [3.05, 3.63) is 77.9 Å². The Morgan fingerprint density at radius 3 is 2.62 bits per heavy atom. The lowest BCUT2D eigenvalue weighted by Crippen LogP contribution is -2.18. The first-order valence-electron chi connectivity index (χ1n) is 6.68.